The van der Waals surface area contributed by atoms with Gasteiger partial charge in [-0.05, 0) is 41.9 Å². The summed E-state index contributed by atoms with van der Waals surface area (Å²) in [5.74, 6) is -0.958. The normalized spacial score (nSPS) is 16.5. The molecule has 1 saturated heterocycles. The van der Waals surface area contributed by atoms with E-state index in [4.69, 9.17) is 0 Å². The minimum atomic E-state index is -4.43. The van der Waals surface area contributed by atoms with Crippen LogP contribution in [0.5, 0.6) is 0 Å². The Hall–Kier alpha value is -2.87. The van der Waals surface area contributed by atoms with Crippen LogP contribution in [-0.4, -0.2) is 41.2 Å². The third-order valence-electron chi connectivity index (χ3n) is 5.97. The number of alkyl halides is 3. The summed E-state index contributed by atoms with van der Waals surface area (Å²) in [5.41, 5.74) is 1.81. The van der Waals surface area contributed by atoms with Crippen LogP contribution in [0.25, 0.3) is 0 Å². The molecular weight excluding hydrogens is 431 g/mol. The zero-order valence-electron chi connectivity index (χ0n) is 19.0. The van der Waals surface area contributed by atoms with Crippen LogP contribution in [0.15, 0.2) is 48.5 Å². The highest BCUT2D eigenvalue weighted by molar-refractivity contribution is 5.89. The molecule has 0 spiro atoms. The molecule has 1 fully saturated rings. The Balaban J connectivity index is 1.55. The van der Waals surface area contributed by atoms with E-state index >= 15 is 0 Å². The molecule has 3 rings (SSSR count). The van der Waals surface area contributed by atoms with Crippen LogP contribution in [-0.2, 0) is 35.4 Å². The summed E-state index contributed by atoms with van der Waals surface area (Å²) in [6, 6.07) is 13.0. The largest absolute Gasteiger partial charge is 0.416 e. The van der Waals surface area contributed by atoms with Gasteiger partial charge in [0.15, 0.2) is 0 Å². The molecule has 5 nitrogen and oxygen atoms in total. The van der Waals surface area contributed by atoms with Gasteiger partial charge in [0.2, 0.25) is 11.8 Å². The molecular formula is C25H30F3N3O2. The lowest BCUT2D eigenvalue weighted by Crippen LogP contribution is -2.32. The van der Waals surface area contributed by atoms with Gasteiger partial charge in [-0.3, -0.25) is 14.5 Å². The molecule has 0 aromatic heterocycles. The Labute approximate surface area is 192 Å². The molecule has 1 unspecified atom stereocenters. The molecule has 2 aromatic carbocycles. The molecule has 2 amide bonds. The third kappa shape index (κ3) is 6.81. The molecule has 8 heteroatoms. The van der Waals surface area contributed by atoms with Gasteiger partial charge in [0, 0.05) is 32.6 Å². The lowest BCUT2D eigenvalue weighted by molar-refractivity contribution is -0.137. The number of rotatable bonds is 9. The van der Waals surface area contributed by atoms with E-state index in [1.54, 1.807) is 6.07 Å². The number of carbonyl (C=O) groups is 2. The second kappa shape index (κ2) is 10.8. The van der Waals surface area contributed by atoms with Crippen molar-refractivity contribution in [2.45, 2.75) is 46.1 Å². The van der Waals surface area contributed by atoms with Crippen LogP contribution < -0.4 is 5.32 Å². The number of halogens is 3. The van der Waals surface area contributed by atoms with E-state index in [0.717, 1.165) is 37.3 Å². The second-order valence-electron chi connectivity index (χ2n) is 8.37. The molecule has 2 aromatic rings. The average Bonchev–Trinajstić information content (AvgIpc) is 3.16. The van der Waals surface area contributed by atoms with Crippen molar-refractivity contribution in [2.75, 3.05) is 19.6 Å². The zero-order chi connectivity index (χ0) is 24.0. The SMILES string of the molecule is CCN(CC)Cc1cccc(CNC(=O)C2CC(=O)N(Cc3cccc(C(F)(F)F)c3)C2)c1. The lowest BCUT2D eigenvalue weighted by Gasteiger charge is -2.19. The number of likely N-dealkylation sites (tertiary alicyclic amines) is 1. The van der Waals surface area contributed by atoms with Gasteiger partial charge in [0.05, 0.1) is 11.5 Å². The molecule has 0 radical (unpaired) electrons. The van der Waals surface area contributed by atoms with Crippen molar-refractivity contribution in [1.82, 2.24) is 15.1 Å². The standard InChI is InChI=1S/C25H30F3N3O2/c1-3-30(4-2)15-19-8-5-7-18(11-19)14-29-24(33)21-13-23(32)31(17-21)16-20-9-6-10-22(12-20)25(26,27)28/h5-12,21H,3-4,13-17H2,1-2H3,(H,29,33). The summed E-state index contributed by atoms with van der Waals surface area (Å²) in [6.07, 6.45) is -4.37. The lowest BCUT2D eigenvalue weighted by atomic mass is 10.1. The molecule has 0 aliphatic carbocycles. The van der Waals surface area contributed by atoms with Crippen molar-refractivity contribution in [2.24, 2.45) is 5.92 Å². The highest BCUT2D eigenvalue weighted by Gasteiger charge is 2.35. The summed E-state index contributed by atoms with van der Waals surface area (Å²) >= 11 is 0. The minimum absolute atomic E-state index is 0.0555. The third-order valence-corrected chi connectivity index (χ3v) is 5.97. The number of nitrogens with zero attached hydrogens (tertiary/aromatic N) is 2. The zero-order valence-corrected chi connectivity index (χ0v) is 19.0. The number of carbonyl (C=O) groups excluding carboxylic acids is 2. The van der Waals surface area contributed by atoms with Crippen molar-refractivity contribution >= 4 is 11.8 Å². The van der Waals surface area contributed by atoms with E-state index in [1.807, 2.05) is 12.1 Å². The van der Waals surface area contributed by atoms with Crippen LogP contribution in [0.3, 0.4) is 0 Å². The fourth-order valence-electron chi connectivity index (χ4n) is 4.04. The highest BCUT2D eigenvalue weighted by atomic mass is 19.4. The van der Waals surface area contributed by atoms with Gasteiger partial charge < -0.3 is 10.2 Å². The number of hydrogen-bond donors (Lipinski definition) is 1. The van der Waals surface area contributed by atoms with Gasteiger partial charge in [0.25, 0.3) is 0 Å². The Kier molecular flexibility index (Phi) is 8.13. The van der Waals surface area contributed by atoms with Crippen LogP contribution >= 0.6 is 0 Å². The van der Waals surface area contributed by atoms with E-state index < -0.39 is 17.7 Å². The first kappa shape index (κ1) is 24.8. The van der Waals surface area contributed by atoms with Gasteiger partial charge in [0.1, 0.15) is 0 Å². The fraction of sp³-hybridized carbons (Fsp3) is 0.440. The van der Waals surface area contributed by atoms with Crippen molar-refractivity contribution in [1.29, 1.82) is 0 Å². The fourth-order valence-corrected chi connectivity index (χ4v) is 4.04. The monoisotopic (exact) mass is 461 g/mol. The minimum Gasteiger partial charge on any atom is -0.352 e. The van der Waals surface area contributed by atoms with Crippen LogP contribution in [0.2, 0.25) is 0 Å². The predicted octanol–water partition coefficient (Wildman–Crippen LogP) is 4.21. The quantitative estimate of drug-likeness (QED) is 0.609. The maximum Gasteiger partial charge on any atom is 0.416 e. The van der Waals surface area contributed by atoms with E-state index in [9.17, 15) is 22.8 Å². The van der Waals surface area contributed by atoms with Crippen LogP contribution in [0.4, 0.5) is 13.2 Å². The van der Waals surface area contributed by atoms with Crippen LogP contribution in [0, 0.1) is 5.92 Å². The number of amides is 2. The van der Waals surface area contributed by atoms with Gasteiger partial charge in [-0.25, -0.2) is 0 Å². The van der Waals surface area contributed by atoms with E-state index in [0.29, 0.717) is 12.1 Å². The molecule has 1 aliphatic heterocycles. The highest BCUT2D eigenvalue weighted by Crippen LogP contribution is 2.30. The molecule has 0 saturated carbocycles. The maximum absolute atomic E-state index is 12.9. The smallest absolute Gasteiger partial charge is 0.352 e. The topological polar surface area (TPSA) is 52.7 Å². The van der Waals surface area contributed by atoms with E-state index in [2.05, 4.69) is 36.2 Å². The molecule has 178 valence electrons. The van der Waals surface area contributed by atoms with Crippen molar-refractivity contribution in [3.8, 4) is 0 Å². The van der Waals surface area contributed by atoms with Crippen molar-refractivity contribution < 1.29 is 22.8 Å². The molecule has 1 atom stereocenters. The summed E-state index contributed by atoms with van der Waals surface area (Å²) < 4.78 is 38.8. The maximum atomic E-state index is 12.9. The molecule has 1 N–H and O–H groups in total. The number of nitrogens with one attached hydrogen (secondary N) is 1. The van der Waals surface area contributed by atoms with Crippen molar-refractivity contribution in [3.63, 3.8) is 0 Å². The summed E-state index contributed by atoms with van der Waals surface area (Å²) in [7, 11) is 0. The van der Waals surface area contributed by atoms with Crippen molar-refractivity contribution in [3.05, 3.63) is 70.8 Å². The van der Waals surface area contributed by atoms with E-state index in [-0.39, 0.29) is 31.3 Å². The first-order chi connectivity index (χ1) is 15.7. The van der Waals surface area contributed by atoms with Crippen LogP contribution in [0.1, 0.15) is 42.5 Å². The number of hydrogen-bond acceptors (Lipinski definition) is 3. The molecule has 1 aliphatic rings. The molecule has 0 bridgehead atoms. The molecule has 33 heavy (non-hydrogen) atoms. The Morgan fingerprint density at radius 3 is 2.42 bits per heavy atom. The summed E-state index contributed by atoms with van der Waals surface area (Å²) in [4.78, 5) is 28.8. The van der Waals surface area contributed by atoms with E-state index in [1.165, 1.54) is 16.5 Å². The van der Waals surface area contributed by atoms with Gasteiger partial charge in [-0.15, -0.1) is 0 Å². The number of benzene rings is 2. The first-order valence-electron chi connectivity index (χ1n) is 11.2. The van der Waals surface area contributed by atoms with Gasteiger partial charge in [-0.2, -0.15) is 13.2 Å². The molecule has 1 heterocycles. The first-order valence-corrected chi connectivity index (χ1v) is 11.2. The van der Waals surface area contributed by atoms with Gasteiger partial charge in [-0.1, -0.05) is 50.2 Å². The Bertz CT molecular complexity index is 973. The van der Waals surface area contributed by atoms with Gasteiger partial charge >= 0.3 is 6.18 Å². The Morgan fingerprint density at radius 2 is 1.73 bits per heavy atom. The predicted molar refractivity (Wildman–Crippen MR) is 120 cm³/mol. The average molecular weight is 462 g/mol. The Morgan fingerprint density at radius 1 is 1.06 bits per heavy atom. The summed E-state index contributed by atoms with van der Waals surface area (Å²) in [6.45, 7) is 7.62. The summed E-state index contributed by atoms with van der Waals surface area (Å²) in [5, 5.41) is 2.90. The second-order valence-corrected chi connectivity index (χ2v) is 8.37.